The summed E-state index contributed by atoms with van der Waals surface area (Å²) in [6.45, 7) is 5.72. The molecule has 1 amide bonds. The molecule has 0 spiro atoms. The molecule has 0 N–H and O–H groups in total. The van der Waals surface area contributed by atoms with Crippen LogP contribution in [0.15, 0.2) is 22.7 Å². The third-order valence-electron chi connectivity index (χ3n) is 2.67. The van der Waals surface area contributed by atoms with Crippen molar-refractivity contribution in [1.82, 2.24) is 4.90 Å². The maximum Gasteiger partial charge on any atom is 0.257 e. The molecular weight excluding hydrogens is 294 g/mol. The zero-order chi connectivity index (χ0) is 13.5. The van der Waals surface area contributed by atoms with Crippen molar-refractivity contribution in [2.24, 2.45) is 0 Å². The minimum Gasteiger partial charge on any atom is -0.496 e. The van der Waals surface area contributed by atoms with Crippen LogP contribution in [0.5, 0.6) is 5.75 Å². The molecule has 0 heterocycles. The molecule has 0 aliphatic rings. The number of amides is 1. The summed E-state index contributed by atoms with van der Waals surface area (Å²) in [4.78, 5) is 14.4. The van der Waals surface area contributed by atoms with Gasteiger partial charge in [-0.3, -0.25) is 4.79 Å². The van der Waals surface area contributed by atoms with E-state index in [1.54, 1.807) is 7.11 Å². The molecular formula is C14H20BrNO2. The number of carbonyl (C=O) groups excluding carboxylic acids is 1. The highest BCUT2D eigenvalue weighted by atomic mass is 79.9. The maximum absolute atomic E-state index is 12.5. The third-order valence-corrected chi connectivity index (χ3v) is 3.16. The first-order valence-corrected chi connectivity index (χ1v) is 7.06. The Hall–Kier alpha value is -1.03. The largest absolute Gasteiger partial charge is 0.496 e. The lowest BCUT2D eigenvalue weighted by Crippen LogP contribution is -2.32. The molecule has 1 aromatic rings. The van der Waals surface area contributed by atoms with E-state index in [2.05, 4.69) is 29.8 Å². The van der Waals surface area contributed by atoms with Crippen molar-refractivity contribution in [3.8, 4) is 5.75 Å². The molecule has 0 radical (unpaired) electrons. The summed E-state index contributed by atoms with van der Waals surface area (Å²) in [5.74, 6) is 0.664. The van der Waals surface area contributed by atoms with Crippen LogP contribution in [0.1, 0.15) is 37.0 Å². The molecule has 0 saturated heterocycles. The monoisotopic (exact) mass is 313 g/mol. The summed E-state index contributed by atoms with van der Waals surface area (Å²) in [7, 11) is 1.59. The van der Waals surface area contributed by atoms with Gasteiger partial charge in [0.25, 0.3) is 5.91 Å². The summed E-state index contributed by atoms with van der Waals surface area (Å²) in [5.41, 5.74) is 0.619. The molecule has 4 heteroatoms. The van der Waals surface area contributed by atoms with Crippen molar-refractivity contribution in [1.29, 1.82) is 0 Å². The van der Waals surface area contributed by atoms with E-state index in [-0.39, 0.29) is 5.91 Å². The Morgan fingerprint density at radius 1 is 1.28 bits per heavy atom. The molecule has 0 unspecified atom stereocenters. The molecule has 18 heavy (non-hydrogen) atoms. The summed E-state index contributed by atoms with van der Waals surface area (Å²) < 4.78 is 6.15. The van der Waals surface area contributed by atoms with Gasteiger partial charge in [-0.15, -0.1) is 0 Å². The highest BCUT2D eigenvalue weighted by Crippen LogP contribution is 2.24. The van der Waals surface area contributed by atoms with E-state index in [0.717, 1.165) is 30.4 Å². The summed E-state index contributed by atoms with van der Waals surface area (Å²) in [5, 5.41) is 0. The Morgan fingerprint density at radius 2 is 1.89 bits per heavy atom. The van der Waals surface area contributed by atoms with E-state index in [0.29, 0.717) is 11.3 Å². The van der Waals surface area contributed by atoms with Crippen molar-refractivity contribution >= 4 is 21.8 Å². The smallest absolute Gasteiger partial charge is 0.257 e. The van der Waals surface area contributed by atoms with E-state index < -0.39 is 0 Å². The molecule has 0 aromatic heterocycles. The van der Waals surface area contributed by atoms with Crippen LogP contribution in [-0.2, 0) is 0 Å². The summed E-state index contributed by atoms with van der Waals surface area (Å²) in [6, 6.07) is 5.51. The second-order valence-corrected chi connectivity index (χ2v) is 5.05. The molecule has 0 saturated carbocycles. The Balaban J connectivity index is 3.02. The normalized spacial score (nSPS) is 10.2. The molecule has 0 bridgehead atoms. The Bertz CT molecular complexity index is 401. The van der Waals surface area contributed by atoms with Gasteiger partial charge < -0.3 is 9.64 Å². The fraction of sp³-hybridized carbons (Fsp3) is 0.500. The Kier molecular flexibility index (Phi) is 6.19. The minimum absolute atomic E-state index is 0.0388. The van der Waals surface area contributed by atoms with Gasteiger partial charge in [0.1, 0.15) is 5.75 Å². The van der Waals surface area contributed by atoms with Gasteiger partial charge in [-0.25, -0.2) is 0 Å². The highest BCUT2D eigenvalue weighted by Gasteiger charge is 2.18. The zero-order valence-corrected chi connectivity index (χ0v) is 12.8. The van der Waals surface area contributed by atoms with Crippen LogP contribution >= 0.6 is 15.9 Å². The van der Waals surface area contributed by atoms with E-state index in [1.807, 2.05) is 23.1 Å². The van der Waals surface area contributed by atoms with Crippen LogP contribution in [0.3, 0.4) is 0 Å². The van der Waals surface area contributed by atoms with Gasteiger partial charge in [0.05, 0.1) is 12.7 Å². The quantitative estimate of drug-likeness (QED) is 0.801. The SMILES string of the molecule is CCCN(CCC)C(=O)c1cc(Br)ccc1OC. The predicted molar refractivity (Wildman–Crippen MR) is 77.2 cm³/mol. The summed E-state index contributed by atoms with van der Waals surface area (Å²) in [6.07, 6.45) is 1.92. The lowest BCUT2D eigenvalue weighted by molar-refractivity contribution is 0.0752. The third kappa shape index (κ3) is 3.73. The lowest BCUT2D eigenvalue weighted by atomic mass is 10.1. The van der Waals surface area contributed by atoms with Gasteiger partial charge in [-0.1, -0.05) is 29.8 Å². The van der Waals surface area contributed by atoms with Crippen molar-refractivity contribution < 1.29 is 9.53 Å². The van der Waals surface area contributed by atoms with E-state index >= 15 is 0 Å². The summed E-state index contributed by atoms with van der Waals surface area (Å²) >= 11 is 3.39. The first-order chi connectivity index (χ1) is 8.63. The molecule has 0 aliphatic carbocycles. The van der Waals surface area contributed by atoms with E-state index in [9.17, 15) is 4.79 Å². The van der Waals surface area contributed by atoms with Crippen LogP contribution in [0, 0.1) is 0 Å². The second-order valence-electron chi connectivity index (χ2n) is 4.14. The van der Waals surface area contributed by atoms with Gasteiger partial charge in [0, 0.05) is 17.6 Å². The molecule has 0 fully saturated rings. The minimum atomic E-state index is 0.0388. The predicted octanol–water partition coefficient (Wildman–Crippen LogP) is 3.72. The van der Waals surface area contributed by atoms with Crippen LogP contribution in [0.4, 0.5) is 0 Å². The lowest BCUT2D eigenvalue weighted by Gasteiger charge is -2.22. The number of benzene rings is 1. The fourth-order valence-electron chi connectivity index (χ4n) is 1.87. The van der Waals surface area contributed by atoms with Gasteiger partial charge in [0.15, 0.2) is 0 Å². The number of halogens is 1. The molecule has 0 aliphatic heterocycles. The number of nitrogens with zero attached hydrogens (tertiary/aromatic N) is 1. The number of carbonyl (C=O) groups is 1. The molecule has 1 rings (SSSR count). The average molecular weight is 314 g/mol. The molecule has 3 nitrogen and oxygen atoms in total. The standard InChI is InChI=1S/C14H20BrNO2/c1-4-8-16(9-5-2)14(17)12-10-11(15)6-7-13(12)18-3/h6-7,10H,4-5,8-9H2,1-3H3. The first-order valence-electron chi connectivity index (χ1n) is 6.26. The van der Waals surface area contributed by atoms with Crippen molar-refractivity contribution in [3.63, 3.8) is 0 Å². The maximum atomic E-state index is 12.5. The van der Waals surface area contributed by atoms with Crippen molar-refractivity contribution in [2.75, 3.05) is 20.2 Å². The van der Waals surface area contributed by atoms with Crippen LogP contribution in [0.2, 0.25) is 0 Å². The Labute approximate surface area is 117 Å². The average Bonchev–Trinajstić information content (AvgIpc) is 2.37. The van der Waals surface area contributed by atoms with Crippen LogP contribution in [0.25, 0.3) is 0 Å². The first kappa shape index (κ1) is 15.0. The number of ether oxygens (including phenoxy) is 1. The van der Waals surface area contributed by atoms with Crippen molar-refractivity contribution in [2.45, 2.75) is 26.7 Å². The second kappa shape index (κ2) is 7.41. The van der Waals surface area contributed by atoms with Crippen molar-refractivity contribution in [3.05, 3.63) is 28.2 Å². The van der Waals surface area contributed by atoms with Gasteiger partial charge in [0.2, 0.25) is 0 Å². The fourth-order valence-corrected chi connectivity index (χ4v) is 2.23. The van der Waals surface area contributed by atoms with Crippen LogP contribution in [-0.4, -0.2) is 31.0 Å². The van der Waals surface area contributed by atoms with E-state index in [4.69, 9.17) is 4.74 Å². The number of hydrogen-bond donors (Lipinski definition) is 0. The molecule has 100 valence electrons. The molecule has 1 aromatic carbocycles. The number of methoxy groups -OCH3 is 1. The van der Waals surface area contributed by atoms with Gasteiger partial charge in [-0.2, -0.15) is 0 Å². The van der Waals surface area contributed by atoms with Crippen LogP contribution < -0.4 is 4.74 Å². The van der Waals surface area contributed by atoms with Gasteiger partial charge in [-0.05, 0) is 31.0 Å². The number of rotatable bonds is 6. The number of hydrogen-bond acceptors (Lipinski definition) is 2. The Morgan fingerprint density at radius 3 is 2.39 bits per heavy atom. The zero-order valence-electron chi connectivity index (χ0n) is 11.2. The van der Waals surface area contributed by atoms with E-state index in [1.165, 1.54) is 0 Å². The topological polar surface area (TPSA) is 29.5 Å². The molecule has 0 atom stereocenters. The van der Waals surface area contributed by atoms with Gasteiger partial charge >= 0.3 is 0 Å². The highest BCUT2D eigenvalue weighted by molar-refractivity contribution is 9.10.